The lowest BCUT2D eigenvalue weighted by Crippen LogP contribution is -2.61. The van der Waals surface area contributed by atoms with Gasteiger partial charge in [-0.25, -0.2) is 0 Å². The molecule has 5 amide bonds. The maximum atomic E-state index is 12.9. The molecule has 15 nitrogen and oxygen atoms in total. The van der Waals surface area contributed by atoms with Crippen molar-refractivity contribution in [2.24, 2.45) is 11.5 Å². The van der Waals surface area contributed by atoms with Gasteiger partial charge in [0, 0.05) is 25.6 Å². The second-order valence-electron chi connectivity index (χ2n) is 8.72. The van der Waals surface area contributed by atoms with Crippen LogP contribution in [0, 0.1) is 0 Å². The molecule has 1 fully saturated rings. The van der Waals surface area contributed by atoms with Crippen molar-refractivity contribution in [1.82, 2.24) is 26.6 Å². The minimum Gasteiger partial charge on any atom is -0.395 e. The van der Waals surface area contributed by atoms with E-state index in [1.165, 1.54) is 6.92 Å². The van der Waals surface area contributed by atoms with Gasteiger partial charge in [0.05, 0.1) is 25.4 Å². The average Bonchev–Trinajstić information content (AvgIpc) is 2.83. The number of rotatable bonds is 7. The fraction of sp³-hybridized carbons (Fsp3) is 0.762. The summed E-state index contributed by atoms with van der Waals surface area (Å²) in [5.74, 6) is -3.71. The van der Waals surface area contributed by atoms with Crippen molar-refractivity contribution in [3.63, 3.8) is 0 Å². The lowest BCUT2D eigenvalue weighted by atomic mass is 10.1. The molecule has 1 heterocycles. The summed E-state index contributed by atoms with van der Waals surface area (Å²) in [7, 11) is 0. The van der Waals surface area contributed by atoms with Gasteiger partial charge in [-0.1, -0.05) is 0 Å². The highest BCUT2D eigenvalue weighted by Gasteiger charge is 2.32. The summed E-state index contributed by atoms with van der Waals surface area (Å²) in [5, 5.41) is 41.4. The number of carbonyl (C=O) groups is 5. The van der Waals surface area contributed by atoms with Gasteiger partial charge in [0.1, 0.15) is 18.1 Å². The van der Waals surface area contributed by atoms with Crippen LogP contribution in [0.15, 0.2) is 0 Å². The van der Waals surface area contributed by atoms with Gasteiger partial charge in [-0.15, -0.1) is 0 Å². The molecule has 1 rings (SSSR count). The van der Waals surface area contributed by atoms with Crippen molar-refractivity contribution >= 4 is 29.5 Å². The van der Waals surface area contributed by atoms with Gasteiger partial charge in [0.25, 0.3) is 0 Å². The molecule has 6 atom stereocenters. The van der Waals surface area contributed by atoms with Crippen molar-refractivity contribution in [3.05, 3.63) is 0 Å². The Balaban J connectivity index is 3.14. The Morgan fingerprint density at radius 1 is 1.06 bits per heavy atom. The second-order valence-corrected chi connectivity index (χ2v) is 8.72. The number of hydrogen-bond acceptors (Lipinski definition) is 10. The smallest absolute Gasteiger partial charge is 0.245 e. The fourth-order valence-corrected chi connectivity index (χ4v) is 3.42. The molecule has 0 aromatic carbocycles. The first kappa shape index (κ1) is 31.2. The number of amides is 5. The van der Waals surface area contributed by atoms with Crippen molar-refractivity contribution in [2.75, 3.05) is 26.3 Å². The number of hydrogen-bond donors (Lipinski definition) is 10. The summed E-state index contributed by atoms with van der Waals surface area (Å²) in [6, 6.07) is -5.73. The standard InChI is InChI=1S/C21H39N7O8/c1-11(31)17-21(36)27-15(10-30)20(35)26-13(18(23)33)4-2-3-7-24-16(32)6-5-14(19(34)28-17)25-8-12(22)9-29/h11-15,17,25,29-31H,2-10,22H2,1H3,(H2,23,33)(H,24,32)(H,26,35)(H,27,36)(H,28,34). The fourth-order valence-electron chi connectivity index (χ4n) is 3.42. The van der Waals surface area contributed by atoms with E-state index in [4.69, 9.17) is 16.6 Å². The van der Waals surface area contributed by atoms with Gasteiger partial charge in [0.15, 0.2) is 0 Å². The number of nitrogens with one attached hydrogen (secondary N) is 5. The van der Waals surface area contributed by atoms with E-state index in [0.29, 0.717) is 12.8 Å². The van der Waals surface area contributed by atoms with E-state index >= 15 is 0 Å². The topological polar surface area (TPSA) is 258 Å². The molecule has 1 aliphatic heterocycles. The summed E-state index contributed by atoms with van der Waals surface area (Å²) < 4.78 is 0. The first-order valence-electron chi connectivity index (χ1n) is 11.9. The molecule has 6 unspecified atom stereocenters. The summed E-state index contributed by atoms with van der Waals surface area (Å²) in [4.78, 5) is 62.3. The number of carbonyl (C=O) groups excluding carboxylic acids is 5. The van der Waals surface area contributed by atoms with Crippen LogP contribution in [0.1, 0.15) is 39.0 Å². The molecule has 0 radical (unpaired) electrons. The molecule has 0 aliphatic carbocycles. The predicted octanol–water partition coefficient (Wildman–Crippen LogP) is -5.34. The summed E-state index contributed by atoms with van der Waals surface area (Å²) in [5.41, 5.74) is 11.0. The van der Waals surface area contributed by atoms with Gasteiger partial charge < -0.3 is 53.4 Å². The van der Waals surface area contributed by atoms with Crippen LogP contribution < -0.4 is 38.1 Å². The lowest BCUT2D eigenvalue weighted by molar-refractivity contribution is -0.136. The zero-order valence-electron chi connectivity index (χ0n) is 20.4. The van der Waals surface area contributed by atoms with Crippen molar-refractivity contribution in [1.29, 1.82) is 0 Å². The zero-order chi connectivity index (χ0) is 27.3. The van der Waals surface area contributed by atoms with Gasteiger partial charge >= 0.3 is 0 Å². The number of primary amides is 1. The van der Waals surface area contributed by atoms with Gasteiger partial charge in [0.2, 0.25) is 29.5 Å². The normalized spacial score (nSPS) is 27.4. The largest absolute Gasteiger partial charge is 0.395 e. The van der Waals surface area contributed by atoms with E-state index in [-0.39, 0.29) is 44.9 Å². The van der Waals surface area contributed by atoms with Gasteiger partial charge in [-0.3, -0.25) is 24.0 Å². The summed E-state index contributed by atoms with van der Waals surface area (Å²) in [6.45, 7) is 0.401. The van der Waals surface area contributed by atoms with Crippen LogP contribution in [0.4, 0.5) is 0 Å². The van der Waals surface area contributed by atoms with Crippen molar-refractivity contribution < 1.29 is 39.3 Å². The maximum absolute atomic E-state index is 12.9. The number of nitrogens with two attached hydrogens (primary N) is 2. The Hall–Kier alpha value is -2.85. The molecule has 1 aliphatic rings. The Bertz CT molecular complexity index is 767. The van der Waals surface area contributed by atoms with Crippen LogP contribution in [0.2, 0.25) is 0 Å². The van der Waals surface area contributed by atoms with Gasteiger partial charge in [-0.05, 0) is 32.6 Å². The third kappa shape index (κ3) is 10.8. The Labute approximate surface area is 209 Å². The molecule has 0 aromatic heterocycles. The van der Waals surface area contributed by atoms with E-state index in [0.717, 1.165) is 0 Å². The first-order chi connectivity index (χ1) is 17.0. The summed E-state index contributed by atoms with van der Waals surface area (Å²) in [6.07, 6.45) is -0.335. The Morgan fingerprint density at radius 2 is 1.75 bits per heavy atom. The third-order valence-corrected chi connectivity index (χ3v) is 5.62. The Morgan fingerprint density at radius 3 is 2.33 bits per heavy atom. The molecule has 0 spiro atoms. The molecular formula is C21H39N7O8. The monoisotopic (exact) mass is 517 g/mol. The molecule has 36 heavy (non-hydrogen) atoms. The van der Waals surface area contributed by atoms with Gasteiger partial charge in [-0.2, -0.15) is 0 Å². The molecule has 0 aromatic rings. The highest BCUT2D eigenvalue weighted by Crippen LogP contribution is 2.05. The van der Waals surface area contributed by atoms with E-state index in [9.17, 15) is 34.2 Å². The zero-order valence-corrected chi connectivity index (χ0v) is 20.4. The number of aliphatic hydroxyl groups is 3. The van der Waals surface area contributed by atoms with E-state index < -0.39 is 66.5 Å². The maximum Gasteiger partial charge on any atom is 0.245 e. The minimum atomic E-state index is -1.52. The first-order valence-corrected chi connectivity index (χ1v) is 11.9. The molecule has 15 heteroatoms. The van der Waals surface area contributed by atoms with E-state index in [1.807, 2.05) is 0 Å². The van der Waals surface area contributed by atoms with Crippen LogP contribution in [0.3, 0.4) is 0 Å². The quantitative estimate of drug-likeness (QED) is 0.153. The molecule has 0 bridgehead atoms. The number of aliphatic hydroxyl groups excluding tert-OH is 3. The van der Waals surface area contributed by atoms with Crippen LogP contribution in [-0.2, 0) is 24.0 Å². The minimum absolute atomic E-state index is 0.0232. The van der Waals surface area contributed by atoms with Crippen LogP contribution in [-0.4, -0.2) is 107 Å². The van der Waals surface area contributed by atoms with Crippen LogP contribution >= 0.6 is 0 Å². The third-order valence-electron chi connectivity index (χ3n) is 5.62. The molecule has 0 saturated carbocycles. The predicted molar refractivity (Wildman–Crippen MR) is 127 cm³/mol. The molecule has 206 valence electrons. The SMILES string of the molecule is CC(O)C1NC(=O)C(NCC(N)CO)CCC(=O)NCCCCC(C(N)=O)NC(=O)C(CO)NC1=O. The van der Waals surface area contributed by atoms with E-state index in [1.54, 1.807) is 0 Å². The lowest BCUT2D eigenvalue weighted by Gasteiger charge is -2.27. The second kappa shape index (κ2) is 16.0. The highest BCUT2D eigenvalue weighted by atomic mass is 16.3. The Kier molecular flexibility index (Phi) is 13.9. The summed E-state index contributed by atoms with van der Waals surface area (Å²) >= 11 is 0. The van der Waals surface area contributed by atoms with E-state index in [2.05, 4.69) is 26.6 Å². The molecule has 12 N–H and O–H groups in total. The van der Waals surface area contributed by atoms with Crippen LogP contribution in [0.5, 0.6) is 0 Å². The molecular weight excluding hydrogens is 478 g/mol. The van der Waals surface area contributed by atoms with Crippen molar-refractivity contribution in [3.8, 4) is 0 Å². The highest BCUT2D eigenvalue weighted by molar-refractivity contribution is 5.95. The van der Waals surface area contributed by atoms with Crippen LogP contribution in [0.25, 0.3) is 0 Å². The average molecular weight is 518 g/mol. The molecule has 1 saturated heterocycles. The van der Waals surface area contributed by atoms with Crippen molar-refractivity contribution in [2.45, 2.75) is 75.3 Å².